The quantitative estimate of drug-likeness (QED) is 0.676. The van der Waals surface area contributed by atoms with Crippen LogP contribution in [0.2, 0.25) is 0 Å². The Morgan fingerprint density at radius 3 is 2.19 bits per heavy atom. The number of hydrogen-bond acceptors (Lipinski definition) is 4. The SMILES string of the molecule is CCOc1ccccc1OCC(=O)NCCNC(=O)c1ccccc1C. The van der Waals surface area contributed by atoms with Crippen LogP contribution in [0, 0.1) is 6.92 Å². The molecule has 2 amide bonds. The fourth-order valence-electron chi connectivity index (χ4n) is 2.34. The van der Waals surface area contributed by atoms with Crippen molar-refractivity contribution >= 4 is 11.8 Å². The van der Waals surface area contributed by atoms with Crippen LogP contribution < -0.4 is 20.1 Å². The molecule has 0 aliphatic heterocycles. The van der Waals surface area contributed by atoms with Crippen molar-refractivity contribution in [2.24, 2.45) is 0 Å². The predicted molar refractivity (Wildman–Crippen MR) is 99.6 cm³/mol. The van der Waals surface area contributed by atoms with Gasteiger partial charge < -0.3 is 20.1 Å². The van der Waals surface area contributed by atoms with Crippen LogP contribution >= 0.6 is 0 Å². The molecule has 0 aliphatic rings. The third-order valence-corrected chi connectivity index (χ3v) is 3.63. The van der Waals surface area contributed by atoms with Gasteiger partial charge in [0, 0.05) is 18.7 Å². The number of ether oxygens (including phenoxy) is 2. The maximum Gasteiger partial charge on any atom is 0.258 e. The highest BCUT2D eigenvalue weighted by molar-refractivity contribution is 5.95. The first-order valence-corrected chi connectivity index (χ1v) is 8.57. The van der Waals surface area contributed by atoms with E-state index in [9.17, 15) is 9.59 Å². The average molecular weight is 356 g/mol. The van der Waals surface area contributed by atoms with Gasteiger partial charge in [0.1, 0.15) is 0 Å². The molecule has 0 saturated heterocycles. The van der Waals surface area contributed by atoms with Crippen molar-refractivity contribution in [2.75, 3.05) is 26.3 Å². The van der Waals surface area contributed by atoms with Gasteiger partial charge >= 0.3 is 0 Å². The van der Waals surface area contributed by atoms with Crippen LogP contribution in [0.15, 0.2) is 48.5 Å². The van der Waals surface area contributed by atoms with Gasteiger partial charge in [0.2, 0.25) is 0 Å². The third kappa shape index (κ3) is 5.81. The molecule has 0 heterocycles. The van der Waals surface area contributed by atoms with E-state index >= 15 is 0 Å². The highest BCUT2D eigenvalue weighted by Crippen LogP contribution is 2.26. The van der Waals surface area contributed by atoms with Crippen molar-refractivity contribution in [3.8, 4) is 11.5 Å². The summed E-state index contributed by atoms with van der Waals surface area (Å²) in [6.07, 6.45) is 0. The Morgan fingerprint density at radius 1 is 0.885 bits per heavy atom. The first kappa shape index (κ1) is 19.3. The standard InChI is InChI=1S/C20H24N2O4/c1-3-25-17-10-6-7-11-18(17)26-14-19(23)21-12-13-22-20(24)16-9-5-4-8-15(16)2/h4-11H,3,12-14H2,1-2H3,(H,21,23)(H,22,24). The second-order valence-corrected chi connectivity index (χ2v) is 5.59. The summed E-state index contributed by atoms with van der Waals surface area (Å²) in [5.41, 5.74) is 1.55. The fourth-order valence-corrected chi connectivity index (χ4v) is 2.34. The lowest BCUT2D eigenvalue weighted by Gasteiger charge is -2.12. The van der Waals surface area contributed by atoms with Gasteiger partial charge in [-0.3, -0.25) is 9.59 Å². The lowest BCUT2D eigenvalue weighted by atomic mass is 10.1. The summed E-state index contributed by atoms with van der Waals surface area (Å²) in [5, 5.41) is 5.49. The monoisotopic (exact) mass is 356 g/mol. The number of hydrogen-bond donors (Lipinski definition) is 2. The Morgan fingerprint density at radius 2 is 1.50 bits per heavy atom. The predicted octanol–water partition coefficient (Wildman–Crippen LogP) is 2.32. The summed E-state index contributed by atoms with van der Waals surface area (Å²) in [5.74, 6) is 0.714. The van der Waals surface area contributed by atoms with Gasteiger partial charge in [-0.05, 0) is 37.6 Å². The molecule has 0 saturated carbocycles. The van der Waals surface area contributed by atoms with E-state index in [1.807, 2.05) is 44.2 Å². The summed E-state index contributed by atoms with van der Waals surface area (Å²) in [4.78, 5) is 23.9. The first-order valence-electron chi connectivity index (χ1n) is 8.57. The van der Waals surface area contributed by atoms with E-state index in [0.717, 1.165) is 5.56 Å². The molecule has 0 aromatic heterocycles. The molecule has 2 rings (SSSR count). The van der Waals surface area contributed by atoms with Crippen LogP contribution in [0.3, 0.4) is 0 Å². The largest absolute Gasteiger partial charge is 0.490 e. The van der Waals surface area contributed by atoms with E-state index in [4.69, 9.17) is 9.47 Å². The van der Waals surface area contributed by atoms with E-state index < -0.39 is 0 Å². The molecule has 2 N–H and O–H groups in total. The van der Waals surface area contributed by atoms with Gasteiger partial charge in [0.05, 0.1) is 6.61 Å². The molecule has 0 fully saturated rings. The van der Waals surface area contributed by atoms with Crippen molar-refractivity contribution in [1.82, 2.24) is 10.6 Å². The number of benzene rings is 2. The summed E-state index contributed by atoms with van der Waals surface area (Å²) in [7, 11) is 0. The second kappa shape index (κ2) is 10.1. The molecule has 0 unspecified atom stereocenters. The summed E-state index contributed by atoms with van der Waals surface area (Å²) < 4.78 is 10.9. The van der Waals surface area contributed by atoms with Crippen LogP contribution in [0.25, 0.3) is 0 Å². The molecule has 0 bridgehead atoms. The Hall–Kier alpha value is -3.02. The van der Waals surface area contributed by atoms with E-state index in [0.29, 0.717) is 36.8 Å². The zero-order valence-corrected chi connectivity index (χ0v) is 15.1. The molecular weight excluding hydrogens is 332 g/mol. The molecule has 0 spiro atoms. The van der Waals surface area contributed by atoms with E-state index in [1.165, 1.54) is 0 Å². The number of para-hydroxylation sites is 2. The maximum atomic E-state index is 12.1. The Balaban J connectivity index is 1.70. The molecule has 138 valence electrons. The zero-order chi connectivity index (χ0) is 18.8. The van der Waals surface area contributed by atoms with Gasteiger partial charge in [0.25, 0.3) is 11.8 Å². The Kier molecular flexibility index (Phi) is 7.49. The Bertz CT molecular complexity index is 746. The third-order valence-electron chi connectivity index (χ3n) is 3.63. The van der Waals surface area contributed by atoms with Crippen LogP contribution in [-0.4, -0.2) is 38.1 Å². The van der Waals surface area contributed by atoms with Crippen LogP contribution in [0.4, 0.5) is 0 Å². The second-order valence-electron chi connectivity index (χ2n) is 5.59. The summed E-state index contributed by atoms with van der Waals surface area (Å²) >= 11 is 0. The minimum Gasteiger partial charge on any atom is -0.490 e. The van der Waals surface area contributed by atoms with Gasteiger partial charge in [-0.2, -0.15) is 0 Å². The number of carbonyl (C=O) groups excluding carboxylic acids is 2. The van der Waals surface area contributed by atoms with Crippen LogP contribution in [0.5, 0.6) is 11.5 Å². The van der Waals surface area contributed by atoms with Crippen LogP contribution in [-0.2, 0) is 4.79 Å². The topological polar surface area (TPSA) is 76.7 Å². The van der Waals surface area contributed by atoms with Crippen molar-refractivity contribution in [2.45, 2.75) is 13.8 Å². The lowest BCUT2D eigenvalue weighted by molar-refractivity contribution is -0.123. The summed E-state index contributed by atoms with van der Waals surface area (Å²) in [6, 6.07) is 14.6. The maximum absolute atomic E-state index is 12.1. The van der Waals surface area contributed by atoms with Crippen molar-refractivity contribution < 1.29 is 19.1 Å². The first-order chi connectivity index (χ1) is 12.6. The highest BCUT2D eigenvalue weighted by atomic mass is 16.5. The van der Waals surface area contributed by atoms with E-state index in [2.05, 4.69) is 10.6 Å². The lowest BCUT2D eigenvalue weighted by Crippen LogP contribution is -2.37. The highest BCUT2D eigenvalue weighted by Gasteiger charge is 2.09. The fraction of sp³-hybridized carbons (Fsp3) is 0.300. The van der Waals surface area contributed by atoms with Gasteiger partial charge in [0.15, 0.2) is 18.1 Å². The molecule has 2 aromatic rings. The van der Waals surface area contributed by atoms with E-state index in [-0.39, 0.29) is 18.4 Å². The van der Waals surface area contributed by atoms with Gasteiger partial charge in [-0.15, -0.1) is 0 Å². The Labute approximate surface area is 153 Å². The van der Waals surface area contributed by atoms with Gasteiger partial charge in [-0.1, -0.05) is 30.3 Å². The van der Waals surface area contributed by atoms with Crippen molar-refractivity contribution in [1.29, 1.82) is 0 Å². The number of rotatable bonds is 9. The van der Waals surface area contributed by atoms with Gasteiger partial charge in [-0.25, -0.2) is 0 Å². The molecule has 2 aromatic carbocycles. The smallest absolute Gasteiger partial charge is 0.258 e. The van der Waals surface area contributed by atoms with E-state index in [1.54, 1.807) is 18.2 Å². The van der Waals surface area contributed by atoms with Crippen molar-refractivity contribution in [3.05, 3.63) is 59.7 Å². The molecule has 26 heavy (non-hydrogen) atoms. The molecule has 6 heteroatoms. The number of aryl methyl sites for hydroxylation is 1. The minimum absolute atomic E-state index is 0.115. The molecule has 0 radical (unpaired) electrons. The number of amides is 2. The number of carbonyl (C=O) groups is 2. The number of nitrogens with one attached hydrogen (secondary N) is 2. The molecule has 6 nitrogen and oxygen atoms in total. The summed E-state index contributed by atoms with van der Waals surface area (Å²) in [6.45, 7) is 4.84. The molecule has 0 aliphatic carbocycles. The minimum atomic E-state index is -0.263. The van der Waals surface area contributed by atoms with Crippen LogP contribution in [0.1, 0.15) is 22.8 Å². The normalized spacial score (nSPS) is 10.1. The average Bonchev–Trinajstić information content (AvgIpc) is 2.65. The molecular formula is C20H24N2O4. The zero-order valence-electron chi connectivity index (χ0n) is 15.1. The van der Waals surface area contributed by atoms with Crippen molar-refractivity contribution in [3.63, 3.8) is 0 Å². The molecule has 0 atom stereocenters.